The third-order valence-corrected chi connectivity index (χ3v) is 7.15. The third-order valence-electron chi connectivity index (χ3n) is 4.96. The van der Waals surface area contributed by atoms with Crippen LogP contribution in [0.3, 0.4) is 0 Å². The van der Waals surface area contributed by atoms with Crippen molar-refractivity contribution in [3.05, 3.63) is 53.6 Å². The first-order valence-corrected chi connectivity index (χ1v) is 12.3. The van der Waals surface area contributed by atoms with Gasteiger partial charge in [0.05, 0.1) is 10.6 Å². The standard InChI is InChI=1S/C21H27N3O3S2/c1-16(25)23-20-13-19(9-10-21(20)28-2)29(26,27)22-14-17-7-3-4-8-18(17)15-24-11-5-6-12-24/h3-4,7-10,13,22H,5-6,11-12,14-15H2,1-2H3,(H,23,25). The highest BCUT2D eigenvalue weighted by atomic mass is 32.2. The number of sulfonamides is 1. The van der Waals surface area contributed by atoms with Gasteiger partial charge in [0.1, 0.15) is 0 Å². The molecule has 1 heterocycles. The van der Waals surface area contributed by atoms with Gasteiger partial charge >= 0.3 is 0 Å². The monoisotopic (exact) mass is 433 g/mol. The van der Waals surface area contributed by atoms with Gasteiger partial charge in [0.2, 0.25) is 15.9 Å². The Morgan fingerprint density at radius 1 is 1.10 bits per heavy atom. The number of rotatable bonds is 8. The Kier molecular flexibility index (Phi) is 7.34. The number of nitrogens with zero attached hydrogens (tertiary/aromatic N) is 1. The number of likely N-dealkylation sites (tertiary alicyclic amines) is 1. The van der Waals surface area contributed by atoms with Gasteiger partial charge in [-0.05, 0) is 61.5 Å². The van der Waals surface area contributed by atoms with Crippen LogP contribution in [0.5, 0.6) is 0 Å². The van der Waals surface area contributed by atoms with Gasteiger partial charge in [-0.2, -0.15) is 0 Å². The average molecular weight is 434 g/mol. The number of hydrogen-bond donors (Lipinski definition) is 2. The number of nitrogens with one attached hydrogen (secondary N) is 2. The van der Waals surface area contributed by atoms with Crippen LogP contribution in [0.4, 0.5) is 5.69 Å². The molecule has 156 valence electrons. The number of hydrogen-bond acceptors (Lipinski definition) is 5. The lowest BCUT2D eigenvalue weighted by molar-refractivity contribution is -0.114. The Labute approximate surface area is 177 Å². The fourth-order valence-electron chi connectivity index (χ4n) is 3.46. The molecule has 0 unspecified atom stereocenters. The van der Waals surface area contributed by atoms with E-state index in [4.69, 9.17) is 0 Å². The molecule has 0 saturated carbocycles. The molecule has 6 nitrogen and oxygen atoms in total. The van der Waals surface area contributed by atoms with E-state index >= 15 is 0 Å². The van der Waals surface area contributed by atoms with Crippen molar-refractivity contribution in [1.82, 2.24) is 9.62 Å². The molecule has 1 fully saturated rings. The maximum absolute atomic E-state index is 12.9. The first kappa shape index (κ1) is 21.8. The molecule has 2 N–H and O–H groups in total. The number of carbonyl (C=O) groups excluding carboxylic acids is 1. The van der Waals surface area contributed by atoms with Crippen LogP contribution in [0.1, 0.15) is 30.9 Å². The van der Waals surface area contributed by atoms with Gasteiger partial charge in [-0.25, -0.2) is 13.1 Å². The second-order valence-electron chi connectivity index (χ2n) is 7.12. The molecule has 8 heteroatoms. The topological polar surface area (TPSA) is 78.5 Å². The lowest BCUT2D eigenvalue weighted by atomic mass is 10.1. The summed E-state index contributed by atoms with van der Waals surface area (Å²) in [5, 5.41) is 2.70. The van der Waals surface area contributed by atoms with Crippen LogP contribution < -0.4 is 10.0 Å². The number of benzene rings is 2. The quantitative estimate of drug-likeness (QED) is 0.624. The van der Waals surface area contributed by atoms with Crippen LogP contribution in [0.25, 0.3) is 0 Å². The van der Waals surface area contributed by atoms with Crippen molar-refractivity contribution in [3.8, 4) is 0 Å². The molecule has 3 rings (SSSR count). The van der Waals surface area contributed by atoms with Crippen molar-refractivity contribution < 1.29 is 13.2 Å². The van der Waals surface area contributed by atoms with Crippen LogP contribution in [0.15, 0.2) is 52.3 Å². The molecule has 29 heavy (non-hydrogen) atoms. The van der Waals surface area contributed by atoms with E-state index in [1.807, 2.05) is 24.5 Å². The Morgan fingerprint density at radius 2 is 1.79 bits per heavy atom. The predicted molar refractivity (Wildman–Crippen MR) is 118 cm³/mol. The minimum Gasteiger partial charge on any atom is -0.325 e. The summed E-state index contributed by atoms with van der Waals surface area (Å²) in [5.74, 6) is -0.237. The zero-order valence-electron chi connectivity index (χ0n) is 16.8. The van der Waals surface area contributed by atoms with Gasteiger partial charge < -0.3 is 5.32 Å². The molecular formula is C21H27N3O3S2. The highest BCUT2D eigenvalue weighted by Crippen LogP contribution is 2.28. The van der Waals surface area contributed by atoms with E-state index in [1.54, 1.807) is 12.1 Å². The van der Waals surface area contributed by atoms with Crippen LogP contribution in [-0.2, 0) is 27.9 Å². The fourth-order valence-corrected chi connectivity index (χ4v) is 5.03. The molecule has 1 saturated heterocycles. The molecule has 0 aliphatic carbocycles. The molecule has 0 atom stereocenters. The van der Waals surface area contributed by atoms with Gasteiger partial charge in [-0.1, -0.05) is 24.3 Å². The Hall–Kier alpha value is -1.87. The van der Waals surface area contributed by atoms with Crippen molar-refractivity contribution in [3.63, 3.8) is 0 Å². The van der Waals surface area contributed by atoms with Crippen molar-refractivity contribution in [1.29, 1.82) is 0 Å². The maximum atomic E-state index is 12.9. The van der Waals surface area contributed by atoms with Crippen molar-refractivity contribution in [2.45, 2.75) is 42.6 Å². The van der Waals surface area contributed by atoms with Crippen molar-refractivity contribution >= 4 is 33.4 Å². The van der Waals surface area contributed by atoms with E-state index < -0.39 is 10.0 Å². The summed E-state index contributed by atoms with van der Waals surface area (Å²) in [4.78, 5) is 14.8. The van der Waals surface area contributed by atoms with E-state index in [1.165, 1.54) is 37.6 Å². The average Bonchev–Trinajstić information content (AvgIpc) is 3.20. The van der Waals surface area contributed by atoms with E-state index in [0.29, 0.717) is 5.69 Å². The number of carbonyl (C=O) groups is 1. The first-order valence-electron chi connectivity index (χ1n) is 9.63. The summed E-state index contributed by atoms with van der Waals surface area (Å²) in [6, 6.07) is 12.7. The highest BCUT2D eigenvalue weighted by Gasteiger charge is 2.18. The predicted octanol–water partition coefficient (Wildman–Crippen LogP) is 3.44. The van der Waals surface area contributed by atoms with Gasteiger partial charge in [-0.15, -0.1) is 11.8 Å². The van der Waals surface area contributed by atoms with E-state index in [0.717, 1.165) is 35.7 Å². The minimum atomic E-state index is -3.71. The molecule has 0 spiro atoms. The lowest BCUT2D eigenvalue weighted by Gasteiger charge is -2.18. The van der Waals surface area contributed by atoms with Crippen LogP contribution in [-0.4, -0.2) is 38.6 Å². The van der Waals surface area contributed by atoms with E-state index in [2.05, 4.69) is 21.0 Å². The molecule has 0 bridgehead atoms. The third kappa shape index (κ3) is 5.82. The molecule has 1 aliphatic rings. The molecule has 0 aromatic heterocycles. The second-order valence-corrected chi connectivity index (χ2v) is 9.73. The lowest BCUT2D eigenvalue weighted by Crippen LogP contribution is -2.25. The molecule has 0 radical (unpaired) electrons. The zero-order valence-corrected chi connectivity index (χ0v) is 18.4. The van der Waals surface area contributed by atoms with E-state index in [9.17, 15) is 13.2 Å². The molecule has 2 aromatic rings. The Morgan fingerprint density at radius 3 is 2.45 bits per heavy atom. The fraction of sp³-hybridized carbons (Fsp3) is 0.381. The Balaban J connectivity index is 1.76. The van der Waals surface area contributed by atoms with Crippen molar-refractivity contribution in [2.75, 3.05) is 24.7 Å². The maximum Gasteiger partial charge on any atom is 0.240 e. The first-order chi connectivity index (χ1) is 13.9. The molecule has 2 aromatic carbocycles. The molecule has 1 amide bonds. The highest BCUT2D eigenvalue weighted by molar-refractivity contribution is 7.98. The zero-order chi connectivity index (χ0) is 20.9. The summed E-state index contributed by atoms with van der Waals surface area (Å²) in [6.07, 6.45) is 4.32. The summed E-state index contributed by atoms with van der Waals surface area (Å²) in [5.41, 5.74) is 2.63. The van der Waals surface area contributed by atoms with Crippen molar-refractivity contribution in [2.24, 2.45) is 0 Å². The molecule has 1 aliphatic heterocycles. The SMILES string of the molecule is CSc1ccc(S(=O)(=O)NCc2ccccc2CN2CCCC2)cc1NC(C)=O. The van der Waals surface area contributed by atoms with Gasteiger partial charge in [0.15, 0.2) is 0 Å². The van der Waals surface area contributed by atoms with Gasteiger partial charge in [0.25, 0.3) is 0 Å². The van der Waals surface area contributed by atoms with Crippen LogP contribution in [0.2, 0.25) is 0 Å². The number of anilines is 1. The smallest absolute Gasteiger partial charge is 0.240 e. The number of thioether (sulfide) groups is 1. The second kappa shape index (κ2) is 9.75. The summed E-state index contributed by atoms with van der Waals surface area (Å²) in [6.45, 7) is 4.65. The summed E-state index contributed by atoms with van der Waals surface area (Å²) >= 11 is 1.45. The Bertz CT molecular complexity index is 971. The summed E-state index contributed by atoms with van der Waals surface area (Å²) in [7, 11) is -3.71. The normalized spacial score (nSPS) is 14.8. The van der Waals surface area contributed by atoms with Crippen LogP contribution in [0, 0.1) is 0 Å². The van der Waals surface area contributed by atoms with Crippen LogP contribution >= 0.6 is 11.8 Å². The summed E-state index contributed by atoms with van der Waals surface area (Å²) < 4.78 is 28.4. The number of amides is 1. The minimum absolute atomic E-state index is 0.135. The van der Waals surface area contributed by atoms with Gasteiger partial charge in [0, 0.05) is 24.9 Å². The molecular weight excluding hydrogens is 406 g/mol. The van der Waals surface area contributed by atoms with E-state index in [-0.39, 0.29) is 17.3 Å². The van der Waals surface area contributed by atoms with Gasteiger partial charge in [-0.3, -0.25) is 9.69 Å². The largest absolute Gasteiger partial charge is 0.325 e.